The zero-order chi connectivity index (χ0) is 21.3. The van der Waals surface area contributed by atoms with Crippen LogP contribution in [0.2, 0.25) is 0 Å². The fraction of sp³-hybridized carbons (Fsp3) is 0.480. The Kier molecular flexibility index (Phi) is 8.40. The first-order valence-corrected chi connectivity index (χ1v) is 10.9. The molecule has 3 rings (SSSR count). The van der Waals surface area contributed by atoms with Crippen LogP contribution in [0.1, 0.15) is 51.5 Å². The number of halogens is 1. The van der Waals surface area contributed by atoms with Crippen LogP contribution < -0.4 is 4.74 Å². The van der Waals surface area contributed by atoms with Crippen molar-refractivity contribution in [2.45, 2.75) is 58.7 Å². The van der Waals surface area contributed by atoms with Crippen molar-refractivity contribution in [3.05, 3.63) is 53.8 Å². The zero-order valence-corrected chi connectivity index (χ0v) is 17.9. The first-order valence-electron chi connectivity index (χ1n) is 10.9. The maximum atomic E-state index is 14.6. The average Bonchev–Trinajstić information content (AvgIpc) is 2.75. The average molecular weight is 415 g/mol. The maximum Gasteiger partial charge on any atom is 0.319 e. The standard InChI is InChI=1S/C25H31FO4/c1-3-5-6-8-24-28-16-20(17-29-24)25(27)30-21-13-14-22(23(26)15-21)19-11-9-18(7-4-2)10-12-19/h9-15,20,24H,3-8,16-17H2,1-2H3. The van der Waals surface area contributed by atoms with Crippen molar-refractivity contribution >= 4 is 5.97 Å². The monoisotopic (exact) mass is 414 g/mol. The Hall–Kier alpha value is -2.24. The molecule has 0 bridgehead atoms. The largest absolute Gasteiger partial charge is 0.426 e. The summed E-state index contributed by atoms with van der Waals surface area (Å²) in [5.74, 6) is -1.19. The highest BCUT2D eigenvalue weighted by Gasteiger charge is 2.29. The minimum atomic E-state index is -0.499. The number of hydrogen-bond donors (Lipinski definition) is 0. The summed E-state index contributed by atoms with van der Waals surface area (Å²) in [5.41, 5.74) is 2.52. The highest BCUT2D eigenvalue weighted by Crippen LogP contribution is 2.27. The fourth-order valence-electron chi connectivity index (χ4n) is 3.54. The van der Waals surface area contributed by atoms with Crippen molar-refractivity contribution in [2.24, 2.45) is 5.92 Å². The quantitative estimate of drug-likeness (QED) is 0.290. The molecule has 1 aliphatic heterocycles. The van der Waals surface area contributed by atoms with Gasteiger partial charge in [-0.05, 0) is 42.5 Å². The summed E-state index contributed by atoms with van der Waals surface area (Å²) in [7, 11) is 0. The van der Waals surface area contributed by atoms with Crippen LogP contribution in [0.4, 0.5) is 4.39 Å². The summed E-state index contributed by atoms with van der Waals surface area (Å²) < 4.78 is 31.3. The molecular formula is C25H31FO4. The van der Waals surface area contributed by atoms with Crippen LogP contribution in [0.3, 0.4) is 0 Å². The van der Waals surface area contributed by atoms with Crippen molar-refractivity contribution < 1.29 is 23.4 Å². The van der Waals surface area contributed by atoms with E-state index in [1.807, 2.05) is 24.3 Å². The molecule has 5 heteroatoms. The van der Waals surface area contributed by atoms with Gasteiger partial charge in [0, 0.05) is 11.6 Å². The molecule has 0 spiro atoms. The summed E-state index contributed by atoms with van der Waals surface area (Å²) in [6.45, 7) is 4.80. The van der Waals surface area contributed by atoms with E-state index < -0.39 is 17.7 Å². The predicted molar refractivity (Wildman–Crippen MR) is 115 cm³/mol. The Bertz CT molecular complexity index is 810. The lowest BCUT2D eigenvalue weighted by molar-refractivity contribution is -0.208. The highest BCUT2D eigenvalue weighted by molar-refractivity contribution is 5.76. The van der Waals surface area contributed by atoms with Gasteiger partial charge >= 0.3 is 5.97 Å². The number of hydrogen-bond acceptors (Lipinski definition) is 4. The smallest absolute Gasteiger partial charge is 0.319 e. The van der Waals surface area contributed by atoms with Gasteiger partial charge in [-0.15, -0.1) is 0 Å². The van der Waals surface area contributed by atoms with Crippen molar-refractivity contribution in [3.63, 3.8) is 0 Å². The van der Waals surface area contributed by atoms with E-state index in [1.54, 1.807) is 12.1 Å². The lowest BCUT2D eigenvalue weighted by Gasteiger charge is -2.28. The van der Waals surface area contributed by atoms with Crippen LogP contribution in [-0.4, -0.2) is 25.5 Å². The second-order valence-electron chi connectivity index (χ2n) is 7.80. The molecule has 1 aliphatic rings. The van der Waals surface area contributed by atoms with E-state index in [1.165, 1.54) is 11.6 Å². The van der Waals surface area contributed by atoms with E-state index in [9.17, 15) is 9.18 Å². The molecule has 0 aliphatic carbocycles. The van der Waals surface area contributed by atoms with Crippen LogP contribution in [0, 0.1) is 11.7 Å². The van der Waals surface area contributed by atoms with Crippen molar-refractivity contribution in [1.29, 1.82) is 0 Å². The van der Waals surface area contributed by atoms with Crippen molar-refractivity contribution in [1.82, 2.24) is 0 Å². The maximum absolute atomic E-state index is 14.6. The van der Waals surface area contributed by atoms with Crippen molar-refractivity contribution in [3.8, 4) is 16.9 Å². The normalized spacial score (nSPS) is 18.9. The number of ether oxygens (including phenoxy) is 3. The Morgan fingerprint density at radius 1 is 1.03 bits per heavy atom. The Balaban J connectivity index is 1.55. The van der Waals surface area contributed by atoms with Gasteiger partial charge in [-0.25, -0.2) is 4.39 Å². The van der Waals surface area contributed by atoms with E-state index in [-0.39, 0.29) is 25.3 Å². The Morgan fingerprint density at radius 3 is 2.40 bits per heavy atom. The van der Waals surface area contributed by atoms with Gasteiger partial charge in [0.1, 0.15) is 17.5 Å². The van der Waals surface area contributed by atoms with Crippen LogP contribution in [0.25, 0.3) is 11.1 Å². The predicted octanol–water partition coefficient (Wildman–Crippen LogP) is 5.92. The minimum Gasteiger partial charge on any atom is -0.426 e. The van der Waals surface area contributed by atoms with Gasteiger partial charge < -0.3 is 14.2 Å². The first-order chi connectivity index (χ1) is 14.6. The van der Waals surface area contributed by atoms with Crippen molar-refractivity contribution in [2.75, 3.05) is 13.2 Å². The molecule has 0 N–H and O–H groups in total. The topological polar surface area (TPSA) is 44.8 Å². The second-order valence-corrected chi connectivity index (χ2v) is 7.80. The summed E-state index contributed by atoms with van der Waals surface area (Å²) in [5, 5.41) is 0. The van der Waals surface area contributed by atoms with Gasteiger partial charge in [-0.3, -0.25) is 4.79 Å². The highest BCUT2D eigenvalue weighted by atomic mass is 19.1. The molecule has 1 saturated heterocycles. The van der Waals surface area contributed by atoms with E-state index in [0.29, 0.717) is 5.56 Å². The van der Waals surface area contributed by atoms with Crippen LogP contribution in [0.15, 0.2) is 42.5 Å². The summed E-state index contributed by atoms with van der Waals surface area (Å²) in [4.78, 5) is 12.4. The van der Waals surface area contributed by atoms with Gasteiger partial charge in [-0.2, -0.15) is 0 Å². The number of rotatable bonds is 9. The molecule has 0 amide bonds. The van der Waals surface area contributed by atoms with E-state index in [0.717, 1.165) is 44.1 Å². The molecule has 4 nitrogen and oxygen atoms in total. The molecule has 0 radical (unpaired) electrons. The molecular weight excluding hydrogens is 383 g/mol. The third-order valence-electron chi connectivity index (χ3n) is 5.31. The number of unbranched alkanes of at least 4 members (excludes halogenated alkanes) is 2. The lowest BCUT2D eigenvalue weighted by atomic mass is 10.0. The third kappa shape index (κ3) is 6.13. The van der Waals surface area contributed by atoms with Gasteiger partial charge in [0.05, 0.1) is 13.2 Å². The van der Waals surface area contributed by atoms with Gasteiger partial charge in [-0.1, -0.05) is 57.4 Å². The Morgan fingerprint density at radius 2 is 1.77 bits per heavy atom. The summed E-state index contributed by atoms with van der Waals surface area (Å²) in [6, 6.07) is 12.4. The number of carbonyl (C=O) groups is 1. The molecule has 2 aromatic rings. The molecule has 0 atom stereocenters. The zero-order valence-electron chi connectivity index (χ0n) is 17.9. The molecule has 30 heavy (non-hydrogen) atoms. The number of benzene rings is 2. The molecule has 0 aromatic heterocycles. The van der Waals surface area contributed by atoms with Crippen LogP contribution in [0.5, 0.6) is 5.75 Å². The van der Waals surface area contributed by atoms with Crippen LogP contribution >= 0.6 is 0 Å². The molecule has 1 heterocycles. The molecule has 1 fully saturated rings. The number of aryl methyl sites for hydroxylation is 1. The molecule has 2 aromatic carbocycles. The number of carbonyl (C=O) groups excluding carboxylic acids is 1. The van der Waals surface area contributed by atoms with Gasteiger partial charge in [0.15, 0.2) is 6.29 Å². The molecule has 0 unspecified atom stereocenters. The summed E-state index contributed by atoms with van der Waals surface area (Å²) in [6.07, 6.45) is 5.99. The lowest BCUT2D eigenvalue weighted by Crippen LogP contribution is -2.38. The third-order valence-corrected chi connectivity index (χ3v) is 5.31. The second kappa shape index (κ2) is 11.2. The number of esters is 1. The SMILES string of the molecule is CCCCCC1OCC(C(=O)Oc2ccc(-c3ccc(CCC)cc3)c(F)c2)CO1. The van der Waals surface area contributed by atoms with E-state index in [2.05, 4.69) is 13.8 Å². The van der Waals surface area contributed by atoms with Crippen LogP contribution in [-0.2, 0) is 20.7 Å². The van der Waals surface area contributed by atoms with E-state index >= 15 is 0 Å². The fourth-order valence-corrected chi connectivity index (χ4v) is 3.54. The minimum absolute atomic E-state index is 0.189. The van der Waals surface area contributed by atoms with Gasteiger partial charge in [0.25, 0.3) is 0 Å². The molecule has 162 valence electrons. The van der Waals surface area contributed by atoms with E-state index in [4.69, 9.17) is 14.2 Å². The van der Waals surface area contributed by atoms with Gasteiger partial charge in [0.2, 0.25) is 0 Å². The first kappa shape index (κ1) is 22.4. The summed E-state index contributed by atoms with van der Waals surface area (Å²) >= 11 is 0. The molecule has 0 saturated carbocycles. The Labute approximate surface area is 178 Å².